The highest BCUT2D eigenvalue weighted by Gasteiger charge is 2.02. The first-order valence-corrected chi connectivity index (χ1v) is 8.71. The van der Waals surface area contributed by atoms with Crippen LogP contribution in [0.2, 0.25) is 0 Å². The molecule has 1 heteroatoms. The van der Waals surface area contributed by atoms with Crippen LogP contribution in [0.4, 0.5) is 0 Å². The van der Waals surface area contributed by atoms with Gasteiger partial charge in [-0.05, 0) is 57.2 Å². The van der Waals surface area contributed by atoms with Gasteiger partial charge in [-0.1, -0.05) is 67.0 Å². The van der Waals surface area contributed by atoms with Crippen molar-refractivity contribution in [3.05, 3.63) is 63.8 Å². The predicted octanol–water partition coefficient (Wildman–Crippen LogP) is 6.56. The van der Waals surface area contributed by atoms with E-state index in [0.29, 0.717) is 0 Å². The maximum absolute atomic E-state index is 4.71. The van der Waals surface area contributed by atoms with E-state index in [4.69, 9.17) is 12.6 Å². The summed E-state index contributed by atoms with van der Waals surface area (Å²) < 4.78 is 0. The van der Waals surface area contributed by atoms with E-state index in [-0.39, 0.29) is 5.25 Å². The van der Waals surface area contributed by atoms with Crippen molar-refractivity contribution in [3.63, 3.8) is 0 Å². The van der Waals surface area contributed by atoms with Crippen molar-refractivity contribution in [1.29, 1.82) is 0 Å². The summed E-state index contributed by atoms with van der Waals surface area (Å²) in [5, 5.41) is 0.158. The van der Waals surface area contributed by atoms with Crippen molar-refractivity contribution >= 4 is 18.7 Å². The van der Waals surface area contributed by atoms with Crippen LogP contribution in [0.3, 0.4) is 0 Å². The van der Waals surface area contributed by atoms with Gasteiger partial charge in [0.15, 0.2) is 0 Å². The zero-order valence-corrected chi connectivity index (χ0v) is 15.8. The lowest BCUT2D eigenvalue weighted by molar-refractivity contribution is 1.06. The molecule has 120 valence electrons. The minimum absolute atomic E-state index is 0.158. The second-order valence-corrected chi connectivity index (χ2v) is 6.61. The van der Waals surface area contributed by atoms with Crippen LogP contribution in [-0.2, 0) is 6.42 Å². The summed E-state index contributed by atoms with van der Waals surface area (Å²) >= 11 is 4.71. The van der Waals surface area contributed by atoms with Gasteiger partial charge in [-0.25, -0.2) is 0 Å². The van der Waals surface area contributed by atoms with Crippen molar-refractivity contribution in [3.8, 4) is 0 Å². The van der Waals surface area contributed by atoms with E-state index in [1.807, 2.05) is 0 Å². The van der Waals surface area contributed by atoms with E-state index in [0.717, 1.165) is 12.8 Å². The summed E-state index contributed by atoms with van der Waals surface area (Å²) in [6, 6.07) is 6.66. The summed E-state index contributed by atoms with van der Waals surface area (Å²) in [5.41, 5.74) is 8.12. The maximum atomic E-state index is 4.71. The summed E-state index contributed by atoms with van der Waals surface area (Å²) in [6.45, 7) is 13.1. The lowest BCUT2D eigenvalue weighted by Crippen LogP contribution is -1.96. The minimum atomic E-state index is 0.158. The molecule has 0 spiro atoms. The van der Waals surface area contributed by atoms with Crippen molar-refractivity contribution in [1.82, 2.24) is 0 Å². The lowest BCUT2D eigenvalue weighted by atomic mass is 10.0. The average molecular weight is 315 g/mol. The molecule has 1 atom stereocenters. The van der Waals surface area contributed by atoms with Crippen LogP contribution in [0.15, 0.2) is 47.1 Å². The van der Waals surface area contributed by atoms with Crippen LogP contribution in [0.25, 0.3) is 6.08 Å². The number of hydrogen-bond donors (Lipinski definition) is 1. The number of benzene rings is 1. The first kappa shape index (κ1) is 18.8. The average Bonchev–Trinajstić information content (AvgIpc) is 2.51. The van der Waals surface area contributed by atoms with Crippen LogP contribution in [0, 0.1) is 6.92 Å². The summed E-state index contributed by atoms with van der Waals surface area (Å²) in [7, 11) is 0. The van der Waals surface area contributed by atoms with Crippen molar-refractivity contribution in [2.75, 3.05) is 0 Å². The Kier molecular flexibility index (Phi) is 7.75. The van der Waals surface area contributed by atoms with E-state index in [9.17, 15) is 0 Å². The summed E-state index contributed by atoms with van der Waals surface area (Å²) in [6.07, 6.45) is 8.80. The number of allylic oxidation sites excluding steroid dienone is 3. The smallest absolute Gasteiger partial charge is 0.0410 e. The molecule has 1 rings (SSSR count). The van der Waals surface area contributed by atoms with Crippen LogP contribution in [-0.4, -0.2) is 5.25 Å². The molecule has 0 aliphatic rings. The molecule has 1 unspecified atom stereocenters. The van der Waals surface area contributed by atoms with Gasteiger partial charge in [0.1, 0.15) is 0 Å². The standard InChI is InChI=1S/C21H30S/c1-7-15(3)16(4)13-18(6)21(22)12-10-19-9-11-20(8-2)17(5)14-19/h9-14,21-22H,7-8H2,1-6H3/b12-10+,16-15-,18-13+. The molecular weight excluding hydrogens is 284 g/mol. The van der Waals surface area contributed by atoms with Gasteiger partial charge in [-0.3, -0.25) is 0 Å². The monoisotopic (exact) mass is 314 g/mol. The Morgan fingerprint density at radius 1 is 1.18 bits per heavy atom. The Morgan fingerprint density at radius 2 is 1.86 bits per heavy atom. The molecule has 1 aromatic carbocycles. The fourth-order valence-corrected chi connectivity index (χ4v) is 2.56. The van der Waals surface area contributed by atoms with Gasteiger partial charge in [0, 0.05) is 5.25 Å². The van der Waals surface area contributed by atoms with Gasteiger partial charge in [-0.15, -0.1) is 0 Å². The van der Waals surface area contributed by atoms with Crippen molar-refractivity contribution < 1.29 is 0 Å². The van der Waals surface area contributed by atoms with Crippen LogP contribution < -0.4 is 0 Å². The molecule has 0 amide bonds. The normalized spacial score (nSPS) is 15.1. The van der Waals surface area contributed by atoms with Gasteiger partial charge in [0.2, 0.25) is 0 Å². The quantitative estimate of drug-likeness (QED) is 0.446. The molecule has 0 fully saturated rings. The first-order valence-electron chi connectivity index (χ1n) is 8.19. The summed E-state index contributed by atoms with van der Waals surface area (Å²) in [5.74, 6) is 0. The fraction of sp³-hybridized carbons (Fsp3) is 0.429. The molecule has 0 aliphatic heterocycles. The zero-order valence-electron chi connectivity index (χ0n) is 14.9. The molecule has 0 bridgehead atoms. The van der Waals surface area contributed by atoms with Gasteiger partial charge >= 0.3 is 0 Å². The Bertz CT molecular complexity index is 588. The molecule has 0 aliphatic carbocycles. The minimum Gasteiger partial charge on any atom is -0.167 e. The number of rotatable bonds is 6. The molecule has 0 nitrogen and oxygen atoms in total. The SMILES string of the molecule is CC/C(C)=C(C)\C=C(/C)C(S)/C=C/c1ccc(CC)c(C)c1. The van der Waals surface area contributed by atoms with Crippen LogP contribution in [0.5, 0.6) is 0 Å². The third kappa shape index (κ3) is 5.53. The van der Waals surface area contributed by atoms with E-state index in [1.165, 1.54) is 33.4 Å². The van der Waals surface area contributed by atoms with E-state index >= 15 is 0 Å². The number of thiol groups is 1. The van der Waals surface area contributed by atoms with Gasteiger partial charge in [0.25, 0.3) is 0 Å². The highest BCUT2D eigenvalue weighted by molar-refractivity contribution is 7.81. The van der Waals surface area contributed by atoms with Crippen molar-refractivity contribution in [2.24, 2.45) is 0 Å². The maximum Gasteiger partial charge on any atom is 0.0410 e. The second kappa shape index (κ2) is 9.05. The molecule has 0 radical (unpaired) electrons. The first-order chi connectivity index (χ1) is 10.4. The molecule has 0 saturated heterocycles. The molecular formula is C21H30S. The number of hydrogen-bond acceptors (Lipinski definition) is 1. The van der Waals surface area contributed by atoms with E-state index in [1.54, 1.807) is 0 Å². The molecule has 0 saturated carbocycles. The van der Waals surface area contributed by atoms with E-state index < -0.39 is 0 Å². The largest absolute Gasteiger partial charge is 0.167 e. The second-order valence-electron chi connectivity index (χ2n) is 6.05. The number of aryl methyl sites for hydroxylation is 2. The van der Waals surface area contributed by atoms with E-state index in [2.05, 4.69) is 78.0 Å². The fourth-order valence-electron chi connectivity index (χ4n) is 2.40. The summed E-state index contributed by atoms with van der Waals surface area (Å²) in [4.78, 5) is 0. The van der Waals surface area contributed by atoms with Gasteiger partial charge in [0.05, 0.1) is 0 Å². The third-order valence-electron chi connectivity index (χ3n) is 4.33. The Labute approximate surface area is 142 Å². The van der Waals surface area contributed by atoms with Crippen LogP contribution in [0.1, 0.15) is 57.7 Å². The van der Waals surface area contributed by atoms with Gasteiger partial charge < -0.3 is 0 Å². The molecule has 0 aromatic heterocycles. The van der Waals surface area contributed by atoms with Gasteiger partial charge in [-0.2, -0.15) is 12.6 Å². The van der Waals surface area contributed by atoms with Crippen molar-refractivity contribution in [2.45, 2.75) is 59.6 Å². The highest BCUT2D eigenvalue weighted by Crippen LogP contribution is 2.18. The molecule has 0 heterocycles. The highest BCUT2D eigenvalue weighted by atomic mass is 32.1. The molecule has 22 heavy (non-hydrogen) atoms. The zero-order chi connectivity index (χ0) is 16.7. The Balaban J connectivity index is 2.85. The van der Waals surface area contributed by atoms with Crippen LogP contribution >= 0.6 is 12.6 Å². The lowest BCUT2D eigenvalue weighted by Gasteiger charge is -2.09. The Morgan fingerprint density at radius 3 is 2.41 bits per heavy atom. The topological polar surface area (TPSA) is 0 Å². The predicted molar refractivity (Wildman–Crippen MR) is 105 cm³/mol. The molecule has 0 N–H and O–H groups in total. The molecule has 1 aromatic rings. The Hall–Kier alpha value is -1.21. The third-order valence-corrected chi connectivity index (χ3v) is 4.91.